The summed E-state index contributed by atoms with van der Waals surface area (Å²) in [7, 11) is 0. The normalized spacial score (nSPS) is 17.4. The fourth-order valence-corrected chi connectivity index (χ4v) is 4.00. The van der Waals surface area contributed by atoms with E-state index < -0.39 is 6.04 Å². The number of nitrogens with zero attached hydrogens (tertiary/aromatic N) is 2. The molecule has 1 aliphatic rings. The Morgan fingerprint density at radius 2 is 1.88 bits per heavy atom. The third kappa shape index (κ3) is 3.89. The molecule has 0 bridgehead atoms. The van der Waals surface area contributed by atoms with Gasteiger partial charge in [0.05, 0.1) is 23.6 Å². The number of hydrogen-bond donors (Lipinski definition) is 1. The van der Waals surface area contributed by atoms with Crippen LogP contribution in [0.3, 0.4) is 0 Å². The van der Waals surface area contributed by atoms with Crippen molar-refractivity contribution in [3.05, 3.63) is 71.3 Å². The number of rotatable bonds is 4. The van der Waals surface area contributed by atoms with Gasteiger partial charge in [0.25, 0.3) is 5.91 Å². The average molecular weight is 365 g/mol. The van der Waals surface area contributed by atoms with Gasteiger partial charge < -0.3 is 10.2 Å². The molecular weight excluding hydrogens is 346 g/mol. The van der Waals surface area contributed by atoms with E-state index in [1.54, 1.807) is 40.9 Å². The highest BCUT2D eigenvalue weighted by atomic mass is 32.2. The average Bonchev–Trinajstić information content (AvgIpc) is 3.18. The van der Waals surface area contributed by atoms with Crippen LogP contribution in [0.15, 0.2) is 54.6 Å². The molecule has 2 unspecified atom stereocenters. The topological polar surface area (TPSA) is 73.2 Å². The van der Waals surface area contributed by atoms with Gasteiger partial charge >= 0.3 is 0 Å². The SMILES string of the molecule is CC(NC(=O)C1CSCN1C(=O)c1ccccc1)c1ccc(C#N)cc1. The largest absolute Gasteiger partial charge is 0.348 e. The van der Waals surface area contributed by atoms with E-state index in [9.17, 15) is 9.59 Å². The van der Waals surface area contributed by atoms with E-state index in [4.69, 9.17) is 5.26 Å². The smallest absolute Gasteiger partial charge is 0.255 e. The molecule has 2 aromatic carbocycles. The maximum atomic E-state index is 12.7. The van der Waals surface area contributed by atoms with Crippen molar-refractivity contribution in [2.24, 2.45) is 0 Å². The molecule has 6 heteroatoms. The molecule has 2 amide bonds. The maximum Gasteiger partial charge on any atom is 0.255 e. The van der Waals surface area contributed by atoms with E-state index in [-0.39, 0.29) is 17.9 Å². The third-order valence-corrected chi connectivity index (χ3v) is 5.38. The molecule has 0 saturated carbocycles. The highest BCUT2D eigenvalue weighted by molar-refractivity contribution is 7.99. The minimum Gasteiger partial charge on any atom is -0.348 e. The zero-order chi connectivity index (χ0) is 18.5. The fourth-order valence-electron chi connectivity index (χ4n) is 2.85. The van der Waals surface area contributed by atoms with Crippen molar-refractivity contribution in [3.8, 4) is 6.07 Å². The molecule has 1 aliphatic heterocycles. The molecule has 132 valence electrons. The fraction of sp³-hybridized carbons (Fsp3) is 0.250. The van der Waals surface area contributed by atoms with E-state index >= 15 is 0 Å². The molecule has 5 nitrogen and oxygen atoms in total. The zero-order valence-corrected chi connectivity index (χ0v) is 15.2. The van der Waals surface area contributed by atoms with Crippen LogP contribution in [0.5, 0.6) is 0 Å². The van der Waals surface area contributed by atoms with Crippen LogP contribution < -0.4 is 5.32 Å². The lowest BCUT2D eigenvalue weighted by Gasteiger charge is -2.25. The minimum absolute atomic E-state index is 0.123. The van der Waals surface area contributed by atoms with Gasteiger partial charge in [-0.15, -0.1) is 11.8 Å². The first kappa shape index (κ1) is 18.0. The first-order chi connectivity index (χ1) is 12.6. The lowest BCUT2D eigenvalue weighted by Crippen LogP contribution is -2.47. The zero-order valence-electron chi connectivity index (χ0n) is 14.4. The Morgan fingerprint density at radius 1 is 1.19 bits per heavy atom. The van der Waals surface area contributed by atoms with Crippen molar-refractivity contribution in [3.63, 3.8) is 0 Å². The number of hydrogen-bond acceptors (Lipinski definition) is 4. The number of thioether (sulfide) groups is 1. The predicted octanol–water partition coefficient (Wildman–Crippen LogP) is 2.95. The van der Waals surface area contributed by atoms with Crippen LogP contribution in [0.25, 0.3) is 0 Å². The van der Waals surface area contributed by atoms with Gasteiger partial charge in [0.15, 0.2) is 0 Å². The number of carbonyl (C=O) groups excluding carboxylic acids is 2. The van der Waals surface area contributed by atoms with Gasteiger partial charge in [-0.1, -0.05) is 30.3 Å². The molecule has 0 aromatic heterocycles. The summed E-state index contributed by atoms with van der Waals surface area (Å²) in [5.74, 6) is 0.819. The number of carbonyl (C=O) groups is 2. The minimum atomic E-state index is -0.478. The van der Waals surface area contributed by atoms with Crippen molar-refractivity contribution < 1.29 is 9.59 Å². The molecule has 2 aromatic rings. The maximum absolute atomic E-state index is 12.7. The van der Waals surface area contributed by atoms with Gasteiger partial charge in [-0.2, -0.15) is 5.26 Å². The van der Waals surface area contributed by atoms with E-state index in [1.165, 1.54) is 0 Å². The van der Waals surface area contributed by atoms with Crippen LogP contribution in [0.1, 0.15) is 34.5 Å². The molecule has 1 N–H and O–H groups in total. The van der Waals surface area contributed by atoms with Crippen LogP contribution >= 0.6 is 11.8 Å². The van der Waals surface area contributed by atoms with Gasteiger partial charge in [0.2, 0.25) is 5.91 Å². The molecular formula is C20H19N3O2S. The van der Waals surface area contributed by atoms with Crippen molar-refractivity contribution in [2.75, 3.05) is 11.6 Å². The Bertz CT molecular complexity index is 830. The van der Waals surface area contributed by atoms with Crippen LogP contribution in [0.4, 0.5) is 0 Å². The highest BCUT2D eigenvalue weighted by Gasteiger charge is 2.35. The van der Waals surface area contributed by atoms with E-state index in [2.05, 4.69) is 11.4 Å². The third-order valence-electron chi connectivity index (χ3n) is 4.37. The summed E-state index contributed by atoms with van der Waals surface area (Å²) >= 11 is 1.58. The summed E-state index contributed by atoms with van der Waals surface area (Å²) in [6, 6.07) is 17.6. The van der Waals surface area contributed by atoms with E-state index in [1.807, 2.05) is 37.3 Å². The highest BCUT2D eigenvalue weighted by Crippen LogP contribution is 2.24. The lowest BCUT2D eigenvalue weighted by molar-refractivity contribution is -0.125. The summed E-state index contributed by atoms with van der Waals surface area (Å²) in [6.07, 6.45) is 0. The number of nitrogens with one attached hydrogen (secondary N) is 1. The summed E-state index contributed by atoms with van der Waals surface area (Å²) in [6.45, 7) is 1.89. The predicted molar refractivity (Wildman–Crippen MR) is 101 cm³/mol. The number of amides is 2. The Labute approximate surface area is 157 Å². The number of nitriles is 1. The molecule has 0 aliphatic carbocycles. The summed E-state index contributed by atoms with van der Waals surface area (Å²) < 4.78 is 0. The Kier molecular flexibility index (Phi) is 5.59. The van der Waals surface area contributed by atoms with E-state index in [0.717, 1.165) is 5.56 Å². The Balaban J connectivity index is 1.68. The van der Waals surface area contributed by atoms with Gasteiger partial charge in [0.1, 0.15) is 6.04 Å². The van der Waals surface area contributed by atoms with Crippen molar-refractivity contribution in [1.82, 2.24) is 10.2 Å². The molecule has 1 heterocycles. The molecule has 0 spiro atoms. The quantitative estimate of drug-likeness (QED) is 0.904. The first-order valence-corrected chi connectivity index (χ1v) is 9.50. The van der Waals surface area contributed by atoms with Gasteiger partial charge in [-0.3, -0.25) is 9.59 Å². The second-order valence-corrected chi connectivity index (χ2v) is 7.12. The summed E-state index contributed by atoms with van der Waals surface area (Å²) in [5.41, 5.74) is 2.09. The molecule has 1 saturated heterocycles. The lowest BCUT2D eigenvalue weighted by atomic mass is 10.1. The van der Waals surface area contributed by atoms with Gasteiger partial charge in [-0.05, 0) is 36.8 Å². The van der Waals surface area contributed by atoms with E-state index in [0.29, 0.717) is 22.8 Å². The summed E-state index contributed by atoms with van der Waals surface area (Å²) in [4.78, 5) is 27.0. The second kappa shape index (κ2) is 8.07. The van der Waals surface area contributed by atoms with Crippen LogP contribution in [0.2, 0.25) is 0 Å². The Morgan fingerprint density at radius 3 is 2.54 bits per heavy atom. The molecule has 1 fully saturated rings. The number of benzene rings is 2. The second-order valence-electron chi connectivity index (χ2n) is 6.12. The first-order valence-electron chi connectivity index (χ1n) is 8.34. The monoisotopic (exact) mass is 365 g/mol. The van der Waals surface area contributed by atoms with Crippen molar-refractivity contribution in [2.45, 2.75) is 19.0 Å². The molecule has 0 radical (unpaired) electrons. The Hall–Kier alpha value is -2.78. The van der Waals surface area contributed by atoms with Crippen LogP contribution in [-0.4, -0.2) is 34.4 Å². The van der Waals surface area contributed by atoms with Crippen LogP contribution in [-0.2, 0) is 4.79 Å². The van der Waals surface area contributed by atoms with Gasteiger partial charge in [0, 0.05) is 11.3 Å². The standard InChI is InChI=1S/C20H19N3O2S/c1-14(16-9-7-15(11-21)8-10-16)22-19(24)18-12-26-13-23(18)20(25)17-5-3-2-4-6-17/h2-10,14,18H,12-13H2,1H3,(H,22,24). The van der Waals surface area contributed by atoms with Crippen LogP contribution in [0, 0.1) is 11.3 Å². The summed E-state index contributed by atoms with van der Waals surface area (Å²) in [5, 5.41) is 11.9. The molecule has 2 atom stereocenters. The van der Waals surface area contributed by atoms with Crippen molar-refractivity contribution >= 4 is 23.6 Å². The molecule has 3 rings (SSSR count). The van der Waals surface area contributed by atoms with Gasteiger partial charge in [-0.25, -0.2) is 0 Å². The van der Waals surface area contributed by atoms with Crippen molar-refractivity contribution in [1.29, 1.82) is 5.26 Å². The molecule has 26 heavy (non-hydrogen) atoms.